The summed E-state index contributed by atoms with van der Waals surface area (Å²) < 4.78 is 15.2. The van der Waals surface area contributed by atoms with Gasteiger partial charge in [-0.05, 0) is 47.7 Å². The smallest absolute Gasteiger partial charge is 0.345 e. The fourth-order valence-electron chi connectivity index (χ4n) is 2.62. The van der Waals surface area contributed by atoms with Gasteiger partial charge in [-0.25, -0.2) is 4.79 Å². The Bertz CT molecular complexity index is 1100. The lowest BCUT2D eigenvalue weighted by molar-refractivity contribution is -0.143. The third-order valence-electron chi connectivity index (χ3n) is 4.17. The lowest BCUT2D eigenvalue weighted by atomic mass is 10.1. The van der Waals surface area contributed by atoms with E-state index >= 15 is 0 Å². The van der Waals surface area contributed by atoms with Gasteiger partial charge in [-0.3, -0.25) is 19.3 Å². The highest BCUT2D eigenvalue weighted by atomic mass is 35.5. The minimum absolute atomic E-state index is 0.136. The van der Waals surface area contributed by atoms with Crippen LogP contribution >= 0.6 is 23.4 Å². The molecule has 1 heterocycles. The molecular formula is C21H16ClNO7S. The number of nitrogens with zero attached hydrogens (tertiary/aromatic N) is 1. The molecule has 0 atom stereocenters. The first-order valence-corrected chi connectivity index (χ1v) is 10.0. The van der Waals surface area contributed by atoms with Crippen LogP contribution < -0.4 is 9.47 Å². The van der Waals surface area contributed by atoms with Crippen LogP contribution in [-0.4, -0.2) is 48.7 Å². The fraction of sp³-hybridized carbons (Fsp3) is 0.143. The Kier molecular flexibility index (Phi) is 6.98. The fourth-order valence-corrected chi connectivity index (χ4v) is 3.67. The molecule has 1 aliphatic rings. The van der Waals surface area contributed by atoms with Gasteiger partial charge < -0.3 is 14.2 Å². The van der Waals surface area contributed by atoms with Crippen molar-refractivity contribution in [3.05, 3.63) is 63.5 Å². The minimum Gasteiger partial charge on any atom is -0.493 e. The monoisotopic (exact) mass is 461 g/mol. The van der Waals surface area contributed by atoms with E-state index < -0.39 is 29.6 Å². The molecule has 0 saturated carbocycles. The zero-order chi connectivity index (χ0) is 22.5. The number of carbonyl (C=O) groups is 4. The quantitative estimate of drug-likeness (QED) is 0.364. The highest BCUT2D eigenvalue weighted by molar-refractivity contribution is 8.18. The second-order valence-electron chi connectivity index (χ2n) is 6.12. The van der Waals surface area contributed by atoms with Crippen LogP contribution in [0.3, 0.4) is 0 Å². The summed E-state index contributed by atoms with van der Waals surface area (Å²) in [5.41, 5.74) is 0.729. The second kappa shape index (κ2) is 9.67. The molecule has 0 bridgehead atoms. The Morgan fingerprint density at radius 2 is 1.84 bits per heavy atom. The summed E-state index contributed by atoms with van der Waals surface area (Å²) in [4.78, 5) is 49.2. The molecule has 10 heteroatoms. The molecule has 2 aromatic rings. The van der Waals surface area contributed by atoms with Gasteiger partial charge in [0.1, 0.15) is 6.54 Å². The molecule has 1 fully saturated rings. The van der Waals surface area contributed by atoms with E-state index in [0.717, 1.165) is 4.90 Å². The van der Waals surface area contributed by atoms with Gasteiger partial charge in [0.2, 0.25) is 0 Å². The van der Waals surface area contributed by atoms with E-state index in [-0.39, 0.29) is 27.0 Å². The number of hydrogen-bond donors (Lipinski definition) is 0. The number of hydrogen-bond acceptors (Lipinski definition) is 8. The third kappa shape index (κ3) is 5.07. The lowest BCUT2D eigenvalue weighted by Gasteiger charge is -2.11. The molecule has 0 aromatic heterocycles. The van der Waals surface area contributed by atoms with Crippen LogP contribution in [0.4, 0.5) is 4.79 Å². The summed E-state index contributed by atoms with van der Waals surface area (Å²) in [6.45, 7) is -0.460. The van der Waals surface area contributed by atoms with Crippen LogP contribution in [0.2, 0.25) is 5.02 Å². The van der Waals surface area contributed by atoms with Gasteiger partial charge in [0.25, 0.3) is 11.1 Å². The minimum atomic E-state index is -0.699. The predicted molar refractivity (Wildman–Crippen MR) is 114 cm³/mol. The van der Waals surface area contributed by atoms with E-state index in [9.17, 15) is 19.2 Å². The first kappa shape index (κ1) is 22.4. The average Bonchev–Trinajstić information content (AvgIpc) is 3.02. The molecular weight excluding hydrogens is 446 g/mol. The number of ether oxygens (including phenoxy) is 3. The van der Waals surface area contributed by atoms with Crippen LogP contribution in [0.25, 0.3) is 6.08 Å². The molecule has 2 amide bonds. The zero-order valence-corrected chi connectivity index (χ0v) is 18.0. The maximum absolute atomic E-state index is 12.4. The number of amides is 2. The molecule has 3 rings (SSSR count). The van der Waals surface area contributed by atoms with Crippen molar-refractivity contribution in [1.82, 2.24) is 4.90 Å². The Balaban J connectivity index is 1.81. The summed E-state index contributed by atoms with van der Waals surface area (Å²) in [5, 5.41) is -0.315. The summed E-state index contributed by atoms with van der Waals surface area (Å²) >= 11 is 6.73. The number of methoxy groups -OCH3 is 2. The van der Waals surface area contributed by atoms with E-state index in [0.29, 0.717) is 17.3 Å². The molecule has 8 nitrogen and oxygen atoms in total. The van der Waals surface area contributed by atoms with Gasteiger partial charge in [0, 0.05) is 0 Å². The highest BCUT2D eigenvalue weighted by Gasteiger charge is 2.36. The van der Waals surface area contributed by atoms with E-state index in [2.05, 4.69) is 4.74 Å². The van der Waals surface area contributed by atoms with E-state index in [4.69, 9.17) is 21.1 Å². The van der Waals surface area contributed by atoms with Crippen molar-refractivity contribution in [2.45, 2.75) is 0 Å². The number of halogens is 1. The van der Waals surface area contributed by atoms with Crippen LogP contribution in [0.5, 0.6) is 11.5 Å². The number of thioether (sulfide) groups is 1. The van der Waals surface area contributed by atoms with Crippen LogP contribution in [0, 0.1) is 0 Å². The molecule has 0 radical (unpaired) electrons. The number of benzene rings is 2. The van der Waals surface area contributed by atoms with Crippen LogP contribution in [0.1, 0.15) is 15.9 Å². The van der Waals surface area contributed by atoms with Gasteiger partial charge in [-0.15, -0.1) is 0 Å². The summed E-state index contributed by atoms with van der Waals surface area (Å²) in [6, 6.07) is 11.1. The van der Waals surface area contributed by atoms with Gasteiger partial charge in [-0.1, -0.05) is 29.8 Å². The van der Waals surface area contributed by atoms with Crippen LogP contribution in [-0.2, 0) is 14.3 Å². The molecule has 0 unspecified atom stereocenters. The first-order valence-electron chi connectivity index (χ1n) is 8.81. The Morgan fingerprint density at radius 3 is 2.52 bits per heavy atom. The molecule has 0 spiro atoms. The first-order chi connectivity index (χ1) is 14.8. The van der Waals surface area contributed by atoms with Crippen molar-refractivity contribution in [3.63, 3.8) is 0 Å². The third-order valence-corrected chi connectivity index (χ3v) is 5.41. The lowest BCUT2D eigenvalue weighted by Crippen LogP contribution is -2.34. The summed E-state index contributed by atoms with van der Waals surface area (Å²) in [7, 11) is 2.57. The van der Waals surface area contributed by atoms with Gasteiger partial charge in [-0.2, -0.15) is 0 Å². The highest BCUT2D eigenvalue weighted by Crippen LogP contribution is 2.35. The number of carbonyl (C=O) groups excluding carboxylic acids is 4. The number of rotatable bonds is 6. The van der Waals surface area contributed by atoms with E-state index in [1.807, 2.05) is 0 Å². The van der Waals surface area contributed by atoms with Crippen molar-refractivity contribution in [3.8, 4) is 11.5 Å². The molecule has 2 aromatic carbocycles. The second-order valence-corrected chi connectivity index (χ2v) is 7.52. The topological polar surface area (TPSA) is 99.2 Å². The number of esters is 2. The van der Waals surface area contributed by atoms with Crippen molar-refractivity contribution in [2.75, 3.05) is 20.8 Å². The molecule has 0 N–H and O–H groups in total. The molecule has 160 valence electrons. The largest absolute Gasteiger partial charge is 0.493 e. The van der Waals surface area contributed by atoms with Crippen LogP contribution in [0.15, 0.2) is 47.4 Å². The Morgan fingerprint density at radius 1 is 1.10 bits per heavy atom. The average molecular weight is 462 g/mol. The maximum atomic E-state index is 12.4. The van der Waals surface area contributed by atoms with Gasteiger partial charge >= 0.3 is 11.9 Å². The number of imide groups is 1. The molecule has 1 saturated heterocycles. The molecule has 0 aliphatic carbocycles. The Labute approximate surface area is 186 Å². The molecule has 31 heavy (non-hydrogen) atoms. The van der Waals surface area contributed by atoms with Crippen molar-refractivity contribution >= 4 is 52.5 Å². The standard InChI is InChI=1S/C21H16ClNO7S/c1-28-16-9-12(10-17-19(25)23(21(27)31-17)11-18(24)29-2)7-8-15(16)30-20(26)13-5-3-4-6-14(13)22/h3-10H,11H2,1-2H3/b17-10-. The SMILES string of the molecule is COC(=O)CN1C(=O)S/C(=C\c2ccc(OC(=O)c3ccccc3Cl)c(OC)c2)C1=O. The van der Waals surface area contributed by atoms with E-state index in [1.165, 1.54) is 32.4 Å². The van der Waals surface area contributed by atoms with E-state index in [1.54, 1.807) is 30.3 Å². The maximum Gasteiger partial charge on any atom is 0.345 e. The van der Waals surface area contributed by atoms with Crippen molar-refractivity contribution < 1.29 is 33.4 Å². The van der Waals surface area contributed by atoms with Crippen molar-refractivity contribution in [1.29, 1.82) is 0 Å². The Hall–Kier alpha value is -3.30. The normalized spacial score (nSPS) is 14.7. The van der Waals surface area contributed by atoms with Gasteiger partial charge in [0.15, 0.2) is 11.5 Å². The summed E-state index contributed by atoms with van der Waals surface area (Å²) in [6.07, 6.45) is 1.48. The summed E-state index contributed by atoms with van der Waals surface area (Å²) in [5.74, 6) is -1.56. The molecule has 1 aliphatic heterocycles. The zero-order valence-electron chi connectivity index (χ0n) is 16.4. The predicted octanol–water partition coefficient (Wildman–Crippen LogP) is 3.78. The van der Waals surface area contributed by atoms with Crippen molar-refractivity contribution in [2.24, 2.45) is 0 Å². The van der Waals surface area contributed by atoms with Gasteiger partial charge in [0.05, 0.1) is 29.7 Å².